The second kappa shape index (κ2) is 8.15. The third kappa shape index (κ3) is 4.84. The van der Waals surface area contributed by atoms with E-state index < -0.39 is 5.97 Å². The minimum atomic E-state index is -1.02. The molecule has 2 aromatic rings. The maximum atomic E-state index is 12.0. The molecule has 2 aromatic carbocycles. The fourth-order valence-electron chi connectivity index (χ4n) is 2.19. The summed E-state index contributed by atoms with van der Waals surface area (Å²) in [6.45, 7) is 4.16. The standard InChI is InChI=1S/C19H21NO4/c1-3-14-5-8-16(9-6-14)24-11-10-18(21)20-17-12-15(19(22)23)7-4-13(17)2/h4-9,12H,3,10-11H2,1-2H3,(H,20,21)(H,22,23). The predicted molar refractivity (Wildman–Crippen MR) is 92.7 cm³/mol. The summed E-state index contributed by atoms with van der Waals surface area (Å²) in [7, 11) is 0. The molecule has 0 atom stereocenters. The van der Waals surface area contributed by atoms with Crippen molar-refractivity contribution >= 4 is 17.6 Å². The molecule has 2 N–H and O–H groups in total. The highest BCUT2D eigenvalue weighted by atomic mass is 16.5. The summed E-state index contributed by atoms with van der Waals surface area (Å²) < 4.78 is 5.55. The second-order valence-corrected chi connectivity index (χ2v) is 5.48. The van der Waals surface area contributed by atoms with Crippen molar-refractivity contribution in [1.29, 1.82) is 0 Å². The number of nitrogens with one attached hydrogen (secondary N) is 1. The van der Waals surface area contributed by atoms with Crippen molar-refractivity contribution in [3.05, 3.63) is 59.2 Å². The van der Waals surface area contributed by atoms with E-state index in [1.165, 1.54) is 17.7 Å². The van der Waals surface area contributed by atoms with Crippen LogP contribution in [0.15, 0.2) is 42.5 Å². The van der Waals surface area contributed by atoms with Gasteiger partial charge in [-0.1, -0.05) is 25.1 Å². The number of amides is 1. The van der Waals surface area contributed by atoms with Crippen molar-refractivity contribution in [3.8, 4) is 5.75 Å². The van der Waals surface area contributed by atoms with E-state index in [4.69, 9.17) is 9.84 Å². The van der Waals surface area contributed by atoms with Crippen LogP contribution in [0, 0.1) is 6.92 Å². The van der Waals surface area contributed by atoms with Crippen LogP contribution in [0.1, 0.15) is 34.8 Å². The molecule has 5 nitrogen and oxygen atoms in total. The van der Waals surface area contributed by atoms with Crippen LogP contribution in [0.25, 0.3) is 0 Å². The molecule has 0 radical (unpaired) electrons. The molecule has 0 aliphatic rings. The SMILES string of the molecule is CCc1ccc(OCCC(=O)Nc2cc(C(=O)O)ccc2C)cc1. The summed E-state index contributed by atoms with van der Waals surface area (Å²) in [6.07, 6.45) is 1.16. The van der Waals surface area contributed by atoms with Gasteiger partial charge in [-0.3, -0.25) is 4.79 Å². The Balaban J connectivity index is 1.86. The van der Waals surface area contributed by atoms with Gasteiger partial charge in [-0.15, -0.1) is 0 Å². The summed E-state index contributed by atoms with van der Waals surface area (Å²) in [5.74, 6) is -0.515. The van der Waals surface area contributed by atoms with Crippen molar-refractivity contribution in [2.45, 2.75) is 26.7 Å². The number of aromatic carboxylic acids is 1. The Bertz CT molecular complexity index is 723. The molecule has 0 saturated heterocycles. The van der Waals surface area contributed by atoms with E-state index in [1.54, 1.807) is 6.07 Å². The molecule has 0 spiro atoms. The lowest BCUT2D eigenvalue weighted by atomic mass is 10.1. The first-order valence-electron chi connectivity index (χ1n) is 7.85. The third-order valence-corrected chi connectivity index (χ3v) is 3.69. The largest absolute Gasteiger partial charge is 0.493 e. The van der Waals surface area contributed by atoms with E-state index in [0.29, 0.717) is 5.69 Å². The van der Waals surface area contributed by atoms with Crippen LogP contribution in [-0.2, 0) is 11.2 Å². The number of hydrogen-bond donors (Lipinski definition) is 2. The first-order chi connectivity index (χ1) is 11.5. The molecule has 2 rings (SSSR count). The van der Waals surface area contributed by atoms with Gasteiger partial charge in [-0.25, -0.2) is 4.79 Å². The highest BCUT2D eigenvalue weighted by Crippen LogP contribution is 2.17. The van der Waals surface area contributed by atoms with E-state index in [-0.39, 0.29) is 24.5 Å². The van der Waals surface area contributed by atoms with Gasteiger partial charge >= 0.3 is 5.97 Å². The summed E-state index contributed by atoms with van der Waals surface area (Å²) >= 11 is 0. The number of hydrogen-bond acceptors (Lipinski definition) is 3. The molecule has 5 heteroatoms. The highest BCUT2D eigenvalue weighted by Gasteiger charge is 2.09. The minimum absolute atomic E-state index is 0.142. The van der Waals surface area contributed by atoms with Gasteiger partial charge in [-0.2, -0.15) is 0 Å². The van der Waals surface area contributed by atoms with Crippen molar-refractivity contribution in [1.82, 2.24) is 0 Å². The van der Waals surface area contributed by atoms with Crippen molar-refractivity contribution in [3.63, 3.8) is 0 Å². The number of ether oxygens (including phenoxy) is 1. The molecular formula is C19H21NO4. The molecule has 126 valence electrons. The van der Waals surface area contributed by atoms with Crippen molar-refractivity contribution in [2.24, 2.45) is 0 Å². The number of carbonyl (C=O) groups excluding carboxylic acids is 1. The molecule has 0 fully saturated rings. The lowest BCUT2D eigenvalue weighted by molar-refractivity contribution is -0.116. The van der Waals surface area contributed by atoms with Gasteiger partial charge in [0.05, 0.1) is 18.6 Å². The maximum absolute atomic E-state index is 12.0. The molecular weight excluding hydrogens is 306 g/mol. The van der Waals surface area contributed by atoms with Gasteiger partial charge in [0.2, 0.25) is 5.91 Å². The smallest absolute Gasteiger partial charge is 0.335 e. The van der Waals surface area contributed by atoms with E-state index in [2.05, 4.69) is 12.2 Å². The lowest BCUT2D eigenvalue weighted by Crippen LogP contribution is -2.16. The third-order valence-electron chi connectivity index (χ3n) is 3.69. The van der Waals surface area contributed by atoms with Gasteiger partial charge in [0, 0.05) is 5.69 Å². The molecule has 0 aromatic heterocycles. The van der Waals surface area contributed by atoms with Crippen LogP contribution >= 0.6 is 0 Å². The normalized spacial score (nSPS) is 10.2. The Hall–Kier alpha value is -2.82. The fraction of sp³-hybridized carbons (Fsp3) is 0.263. The zero-order valence-electron chi connectivity index (χ0n) is 13.8. The van der Waals surface area contributed by atoms with Gasteiger partial charge in [0.25, 0.3) is 0 Å². The molecule has 0 unspecified atom stereocenters. The summed E-state index contributed by atoms with van der Waals surface area (Å²) in [5.41, 5.74) is 2.69. The Morgan fingerprint density at radius 3 is 2.46 bits per heavy atom. The number of carbonyl (C=O) groups is 2. The monoisotopic (exact) mass is 327 g/mol. The molecule has 24 heavy (non-hydrogen) atoms. The van der Waals surface area contributed by atoms with Crippen LogP contribution < -0.4 is 10.1 Å². The zero-order valence-corrected chi connectivity index (χ0v) is 13.8. The van der Waals surface area contributed by atoms with E-state index >= 15 is 0 Å². The van der Waals surface area contributed by atoms with Crippen LogP contribution in [0.3, 0.4) is 0 Å². The summed E-state index contributed by atoms with van der Waals surface area (Å²) in [6, 6.07) is 12.4. The maximum Gasteiger partial charge on any atom is 0.335 e. The Morgan fingerprint density at radius 2 is 1.83 bits per heavy atom. The van der Waals surface area contributed by atoms with Gasteiger partial charge < -0.3 is 15.2 Å². The number of carboxylic acid groups (broad SMARTS) is 1. The van der Waals surface area contributed by atoms with Gasteiger partial charge in [0.1, 0.15) is 5.75 Å². The molecule has 0 aliphatic heterocycles. The Morgan fingerprint density at radius 1 is 1.12 bits per heavy atom. The summed E-state index contributed by atoms with van der Waals surface area (Å²) in [5, 5.41) is 11.7. The van der Waals surface area contributed by atoms with Crippen LogP contribution in [0.5, 0.6) is 5.75 Å². The Labute approximate surface area is 141 Å². The van der Waals surface area contributed by atoms with E-state index in [9.17, 15) is 9.59 Å². The molecule has 1 amide bonds. The topological polar surface area (TPSA) is 75.6 Å². The summed E-state index contributed by atoms with van der Waals surface area (Å²) in [4.78, 5) is 23.0. The quantitative estimate of drug-likeness (QED) is 0.813. The molecule has 0 saturated carbocycles. The first-order valence-corrected chi connectivity index (χ1v) is 7.85. The number of rotatable bonds is 7. The lowest BCUT2D eigenvalue weighted by Gasteiger charge is -2.10. The highest BCUT2D eigenvalue weighted by molar-refractivity contribution is 5.94. The van der Waals surface area contributed by atoms with Crippen LogP contribution in [0.2, 0.25) is 0 Å². The van der Waals surface area contributed by atoms with Gasteiger partial charge in [-0.05, 0) is 48.7 Å². The first kappa shape index (κ1) is 17.5. The van der Waals surface area contributed by atoms with Gasteiger partial charge in [0.15, 0.2) is 0 Å². The fourth-order valence-corrected chi connectivity index (χ4v) is 2.19. The Kier molecular flexibility index (Phi) is 5.95. The number of carboxylic acids is 1. The van der Waals surface area contributed by atoms with Crippen LogP contribution in [-0.4, -0.2) is 23.6 Å². The molecule has 0 heterocycles. The number of benzene rings is 2. The number of aryl methyl sites for hydroxylation is 2. The average molecular weight is 327 g/mol. The van der Waals surface area contributed by atoms with Crippen molar-refractivity contribution < 1.29 is 19.4 Å². The van der Waals surface area contributed by atoms with Crippen molar-refractivity contribution in [2.75, 3.05) is 11.9 Å². The van der Waals surface area contributed by atoms with E-state index in [1.807, 2.05) is 31.2 Å². The number of anilines is 1. The molecule has 0 bridgehead atoms. The zero-order chi connectivity index (χ0) is 17.5. The minimum Gasteiger partial charge on any atom is -0.493 e. The predicted octanol–water partition coefficient (Wildman–Crippen LogP) is 3.66. The average Bonchev–Trinajstić information content (AvgIpc) is 2.57. The van der Waals surface area contributed by atoms with E-state index in [0.717, 1.165) is 17.7 Å². The second-order valence-electron chi connectivity index (χ2n) is 5.48. The van der Waals surface area contributed by atoms with Crippen LogP contribution in [0.4, 0.5) is 5.69 Å². The molecule has 0 aliphatic carbocycles.